The molecule has 0 amide bonds. The summed E-state index contributed by atoms with van der Waals surface area (Å²) in [6.07, 6.45) is 0. The minimum atomic E-state index is -0.211. The van der Waals surface area contributed by atoms with Crippen LogP contribution in [0.25, 0.3) is 0 Å². The number of piperazine rings is 1. The molecule has 2 atom stereocenters. The third kappa shape index (κ3) is 4.39. The number of nitrogens with zero attached hydrogens (tertiary/aromatic N) is 4. The second-order valence-electron chi connectivity index (χ2n) is 6.93. The van der Waals surface area contributed by atoms with Crippen molar-refractivity contribution in [2.24, 2.45) is 10.3 Å². The van der Waals surface area contributed by atoms with Crippen LogP contribution in [-0.4, -0.2) is 72.4 Å². The van der Waals surface area contributed by atoms with Gasteiger partial charge in [-0.25, -0.2) is 0 Å². The average Bonchev–Trinajstić information content (AvgIpc) is 2.81. The van der Waals surface area contributed by atoms with Gasteiger partial charge in [0.05, 0.1) is 25.3 Å². The molecule has 30 heavy (non-hydrogen) atoms. The van der Waals surface area contributed by atoms with Crippen molar-refractivity contribution in [3.05, 3.63) is 71.8 Å². The van der Waals surface area contributed by atoms with Gasteiger partial charge in [-0.2, -0.15) is 0 Å². The van der Waals surface area contributed by atoms with E-state index in [1.165, 1.54) is 0 Å². The van der Waals surface area contributed by atoms with Crippen molar-refractivity contribution in [2.75, 3.05) is 40.5 Å². The van der Waals surface area contributed by atoms with Crippen LogP contribution in [0.15, 0.2) is 71.0 Å². The van der Waals surface area contributed by atoms with Gasteiger partial charge in [0.2, 0.25) is 11.7 Å². The smallest absolute Gasteiger partial charge is 0.215 e. The predicted octanol–water partition coefficient (Wildman–Crippen LogP) is 2.95. The standard InChI is InChI=1S/C22H28N4O4/c1-29-15-13-25-19(17-9-5-3-6-10-17)20(18-11-7-4-8-12-18)26(14-16-30-2)22(24-28)21(25)23-27/h3-12,19-20,27-28H,13-16H2,1-2H3/b23-21-,24-22+. The summed E-state index contributed by atoms with van der Waals surface area (Å²) in [6.45, 7) is 1.74. The second kappa shape index (κ2) is 10.6. The first-order valence-electron chi connectivity index (χ1n) is 9.82. The summed E-state index contributed by atoms with van der Waals surface area (Å²) in [7, 11) is 3.25. The fraction of sp³-hybridized carbons (Fsp3) is 0.364. The third-order valence-electron chi connectivity index (χ3n) is 5.26. The molecule has 1 heterocycles. The molecule has 0 spiro atoms. The molecule has 2 aromatic carbocycles. The average molecular weight is 412 g/mol. The predicted molar refractivity (Wildman–Crippen MR) is 114 cm³/mol. The van der Waals surface area contributed by atoms with Gasteiger partial charge < -0.3 is 29.7 Å². The van der Waals surface area contributed by atoms with E-state index in [1.807, 2.05) is 70.5 Å². The van der Waals surface area contributed by atoms with E-state index in [4.69, 9.17) is 9.47 Å². The Kier molecular flexibility index (Phi) is 7.64. The lowest BCUT2D eigenvalue weighted by Gasteiger charge is -2.49. The van der Waals surface area contributed by atoms with E-state index >= 15 is 0 Å². The Morgan fingerprint density at radius 3 is 1.37 bits per heavy atom. The summed E-state index contributed by atoms with van der Waals surface area (Å²) in [5.41, 5.74) is 2.09. The molecule has 2 N–H and O–H groups in total. The van der Waals surface area contributed by atoms with Gasteiger partial charge in [0.1, 0.15) is 0 Å². The number of amidine groups is 2. The second-order valence-corrected chi connectivity index (χ2v) is 6.93. The molecular formula is C22H28N4O4. The summed E-state index contributed by atoms with van der Waals surface area (Å²) >= 11 is 0. The fourth-order valence-corrected chi connectivity index (χ4v) is 3.96. The SMILES string of the molecule is COCCN1C(=N\O)/C(=N\O)N(CCOC)C(c2ccccc2)C1c1ccccc1. The van der Waals surface area contributed by atoms with Gasteiger partial charge in [-0.15, -0.1) is 0 Å². The van der Waals surface area contributed by atoms with Crippen LogP contribution in [0.2, 0.25) is 0 Å². The number of methoxy groups -OCH3 is 2. The molecule has 1 aliphatic rings. The van der Waals surface area contributed by atoms with Crippen molar-refractivity contribution in [1.82, 2.24) is 9.80 Å². The largest absolute Gasteiger partial charge is 0.409 e. The Morgan fingerprint density at radius 1 is 0.700 bits per heavy atom. The molecule has 160 valence electrons. The van der Waals surface area contributed by atoms with Crippen molar-refractivity contribution in [1.29, 1.82) is 0 Å². The highest BCUT2D eigenvalue weighted by Gasteiger charge is 2.45. The molecule has 3 rings (SSSR count). The monoisotopic (exact) mass is 412 g/mol. The highest BCUT2D eigenvalue weighted by molar-refractivity contribution is 6.40. The lowest BCUT2D eigenvalue weighted by molar-refractivity contribution is 0.0925. The highest BCUT2D eigenvalue weighted by Crippen LogP contribution is 2.42. The van der Waals surface area contributed by atoms with E-state index in [2.05, 4.69) is 10.3 Å². The summed E-state index contributed by atoms with van der Waals surface area (Å²) in [4.78, 5) is 3.85. The molecule has 8 heteroatoms. The van der Waals surface area contributed by atoms with Crippen molar-refractivity contribution in [3.63, 3.8) is 0 Å². The lowest BCUT2D eigenvalue weighted by atomic mass is 9.88. The van der Waals surface area contributed by atoms with Crippen LogP contribution in [-0.2, 0) is 9.47 Å². The molecule has 1 aliphatic heterocycles. The van der Waals surface area contributed by atoms with Crippen LogP contribution in [0.4, 0.5) is 0 Å². The number of rotatable bonds is 8. The van der Waals surface area contributed by atoms with Crippen LogP contribution in [0.3, 0.4) is 0 Å². The first-order valence-corrected chi connectivity index (χ1v) is 9.82. The van der Waals surface area contributed by atoms with Crippen LogP contribution in [0.5, 0.6) is 0 Å². The number of ether oxygens (including phenoxy) is 2. The van der Waals surface area contributed by atoms with Gasteiger partial charge in [-0.3, -0.25) is 0 Å². The maximum atomic E-state index is 9.88. The Hall–Kier alpha value is -3.10. The molecule has 2 unspecified atom stereocenters. The van der Waals surface area contributed by atoms with Gasteiger partial charge in [0, 0.05) is 27.3 Å². The van der Waals surface area contributed by atoms with E-state index in [0.717, 1.165) is 11.1 Å². The van der Waals surface area contributed by atoms with Crippen molar-refractivity contribution in [2.45, 2.75) is 12.1 Å². The van der Waals surface area contributed by atoms with Crippen LogP contribution in [0, 0.1) is 0 Å². The number of hydrogen-bond donors (Lipinski definition) is 2. The molecule has 0 aromatic heterocycles. The summed E-state index contributed by atoms with van der Waals surface area (Å²) in [5, 5.41) is 26.8. The maximum Gasteiger partial charge on any atom is 0.215 e. The minimum Gasteiger partial charge on any atom is -0.409 e. The molecule has 8 nitrogen and oxygen atoms in total. The zero-order chi connectivity index (χ0) is 21.3. The minimum absolute atomic E-state index is 0.187. The molecule has 0 aliphatic carbocycles. The van der Waals surface area contributed by atoms with Crippen LogP contribution in [0.1, 0.15) is 23.2 Å². The van der Waals surface area contributed by atoms with Gasteiger partial charge >= 0.3 is 0 Å². The Morgan fingerprint density at radius 2 is 1.07 bits per heavy atom. The summed E-state index contributed by atoms with van der Waals surface area (Å²) in [6, 6.07) is 19.6. The van der Waals surface area contributed by atoms with Crippen LogP contribution >= 0.6 is 0 Å². The third-order valence-corrected chi connectivity index (χ3v) is 5.26. The summed E-state index contributed by atoms with van der Waals surface area (Å²) < 4.78 is 10.6. The number of hydrogen-bond acceptors (Lipinski definition) is 6. The molecule has 0 bridgehead atoms. The van der Waals surface area contributed by atoms with E-state index in [9.17, 15) is 10.4 Å². The number of benzene rings is 2. The Labute approximate surface area is 176 Å². The molecule has 2 aromatic rings. The van der Waals surface area contributed by atoms with Crippen LogP contribution < -0.4 is 0 Å². The Bertz CT molecular complexity index is 773. The van der Waals surface area contributed by atoms with Gasteiger partial charge in [-0.05, 0) is 11.1 Å². The highest BCUT2D eigenvalue weighted by atomic mass is 16.5. The van der Waals surface area contributed by atoms with E-state index in [-0.39, 0.29) is 23.8 Å². The molecule has 1 fully saturated rings. The lowest BCUT2D eigenvalue weighted by Crippen LogP contribution is -2.58. The van der Waals surface area contributed by atoms with Gasteiger partial charge in [-0.1, -0.05) is 71.0 Å². The van der Waals surface area contributed by atoms with Crippen molar-refractivity contribution >= 4 is 11.7 Å². The topological polar surface area (TPSA) is 90.1 Å². The zero-order valence-corrected chi connectivity index (χ0v) is 17.3. The molecule has 0 saturated carbocycles. The molecule has 1 saturated heterocycles. The van der Waals surface area contributed by atoms with E-state index < -0.39 is 0 Å². The Balaban J connectivity index is 2.21. The van der Waals surface area contributed by atoms with Crippen molar-refractivity contribution in [3.8, 4) is 0 Å². The summed E-state index contributed by atoms with van der Waals surface area (Å²) in [5.74, 6) is 0.373. The quantitative estimate of drug-likeness (QED) is 0.512. The van der Waals surface area contributed by atoms with E-state index in [0.29, 0.717) is 26.3 Å². The first kappa shape index (κ1) is 21.6. The van der Waals surface area contributed by atoms with Gasteiger partial charge in [0.25, 0.3) is 0 Å². The fourth-order valence-electron chi connectivity index (χ4n) is 3.96. The normalized spacial score (nSPS) is 22.1. The maximum absolute atomic E-state index is 9.88. The molecule has 0 radical (unpaired) electrons. The molecular weight excluding hydrogens is 384 g/mol. The van der Waals surface area contributed by atoms with E-state index in [1.54, 1.807) is 14.2 Å². The first-order chi connectivity index (χ1) is 14.8. The van der Waals surface area contributed by atoms with Gasteiger partial charge in [0.15, 0.2) is 0 Å². The number of oxime groups is 2. The zero-order valence-electron chi connectivity index (χ0n) is 17.3. The van der Waals surface area contributed by atoms with Crippen molar-refractivity contribution < 1.29 is 19.9 Å².